The van der Waals surface area contributed by atoms with Gasteiger partial charge in [0.25, 0.3) is 5.91 Å². The van der Waals surface area contributed by atoms with Gasteiger partial charge in [0.1, 0.15) is 0 Å². The van der Waals surface area contributed by atoms with Crippen LogP contribution in [0.15, 0.2) is 47.6 Å². The largest absolute Gasteiger partial charge is 0.292 e. The van der Waals surface area contributed by atoms with E-state index in [0.29, 0.717) is 5.69 Å². The lowest BCUT2D eigenvalue weighted by Gasteiger charge is -2.10. The Kier molecular flexibility index (Phi) is 4.06. The molecule has 0 unspecified atom stereocenters. The van der Waals surface area contributed by atoms with Crippen LogP contribution in [0.3, 0.4) is 0 Å². The van der Waals surface area contributed by atoms with Crippen molar-refractivity contribution >= 4 is 22.4 Å². The van der Waals surface area contributed by atoms with Gasteiger partial charge in [0.05, 0.1) is 5.71 Å². The Bertz CT molecular complexity index is 965. The smallest absolute Gasteiger partial charge is 0.281 e. The highest BCUT2D eigenvalue weighted by molar-refractivity contribution is 6.10. The van der Waals surface area contributed by atoms with Gasteiger partial charge >= 0.3 is 0 Å². The molecule has 2 aromatic carbocycles. The molecule has 0 spiro atoms. The molecule has 0 aliphatic heterocycles. The molecular formula is C20H20N4O. The van der Waals surface area contributed by atoms with Crippen LogP contribution in [-0.2, 0) is 12.8 Å². The second kappa shape index (κ2) is 6.51. The number of H-pyrrole nitrogens is 1. The van der Waals surface area contributed by atoms with Crippen molar-refractivity contribution in [2.45, 2.75) is 32.6 Å². The van der Waals surface area contributed by atoms with E-state index in [9.17, 15) is 4.79 Å². The van der Waals surface area contributed by atoms with Crippen molar-refractivity contribution < 1.29 is 4.79 Å². The summed E-state index contributed by atoms with van der Waals surface area (Å²) in [6.07, 6.45) is 4.12. The van der Waals surface area contributed by atoms with Gasteiger partial charge in [-0.15, -0.1) is 0 Å². The molecule has 4 rings (SSSR count). The van der Waals surface area contributed by atoms with E-state index >= 15 is 0 Å². The summed E-state index contributed by atoms with van der Waals surface area (Å²) in [7, 11) is 0. The van der Waals surface area contributed by atoms with E-state index in [1.54, 1.807) is 0 Å². The molecule has 1 amide bonds. The normalized spacial score (nSPS) is 14.4. The number of aromatic nitrogens is 2. The van der Waals surface area contributed by atoms with E-state index in [0.717, 1.165) is 59.0 Å². The first kappa shape index (κ1) is 15.6. The van der Waals surface area contributed by atoms with Crippen molar-refractivity contribution in [3.63, 3.8) is 0 Å². The molecule has 126 valence electrons. The summed E-state index contributed by atoms with van der Waals surface area (Å²) in [4.78, 5) is 12.5. The number of rotatable bonds is 3. The van der Waals surface area contributed by atoms with E-state index in [4.69, 9.17) is 0 Å². The quantitative estimate of drug-likeness (QED) is 0.568. The van der Waals surface area contributed by atoms with Gasteiger partial charge in [0.2, 0.25) is 0 Å². The number of nitrogens with zero attached hydrogens (tertiary/aromatic N) is 2. The fraction of sp³-hybridized carbons (Fsp3) is 0.250. The van der Waals surface area contributed by atoms with Gasteiger partial charge in [-0.05, 0) is 43.4 Å². The summed E-state index contributed by atoms with van der Waals surface area (Å²) in [5.74, 6) is -0.251. The van der Waals surface area contributed by atoms with Crippen LogP contribution in [0.1, 0.15) is 47.1 Å². The number of hydrogen-bond acceptors (Lipinski definition) is 3. The number of hydrazone groups is 1. The summed E-state index contributed by atoms with van der Waals surface area (Å²) in [6.45, 7) is 1.90. The van der Waals surface area contributed by atoms with Gasteiger partial charge in [-0.1, -0.05) is 42.5 Å². The Hall–Kier alpha value is -2.95. The first-order valence-electron chi connectivity index (χ1n) is 8.63. The second-order valence-corrected chi connectivity index (χ2v) is 6.40. The van der Waals surface area contributed by atoms with E-state index in [1.165, 1.54) is 0 Å². The highest BCUT2D eigenvalue weighted by Gasteiger charge is 2.21. The molecule has 2 N–H and O–H groups in total. The lowest BCUT2D eigenvalue weighted by Crippen LogP contribution is -2.21. The maximum atomic E-state index is 12.5. The standard InChI is InChI=1S/C20H20N4O/c1-13(15-11-6-8-14-7-2-3-9-16(14)15)21-24-20(25)19-17-10-4-5-12-18(17)22-23-19/h2-3,6-9,11H,4-5,10,12H2,1H3,(H,22,23)(H,24,25)/b21-13-. The van der Waals surface area contributed by atoms with Crippen LogP contribution in [0, 0.1) is 0 Å². The Labute approximate surface area is 146 Å². The minimum absolute atomic E-state index is 0.251. The van der Waals surface area contributed by atoms with Crippen LogP contribution in [0.2, 0.25) is 0 Å². The number of aromatic amines is 1. The Balaban J connectivity index is 1.58. The average Bonchev–Trinajstić information content (AvgIpc) is 3.09. The SMILES string of the molecule is C/C(=N/NC(=O)c1n[nH]c2c1CCCC2)c1cccc2ccccc12. The van der Waals surface area contributed by atoms with Gasteiger partial charge in [0.15, 0.2) is 5.69 Å². The highest BCUT2D eigenvalue weighted by Crippen LogP contribution is 2.22. The van der Waals surface area contributed by atoms with Crippen molar-refractivity contribution in [1.29, 1.82) is 0 Å². The molecule has 3 aromatic rings. The van der Waals surface area contributed by atoms with Crippen LogP contribution >= 0.6 is 0 Å². The zero-order chi connectivity index (χ0) is 17.2. The molecule has 25 heavy (non-hydrogen) atoms. The van der Waals surface area contributed by atoms with Gasteiger partial charge in [-0.25, -0.2) is 5.43 Å². The molecule has 0 fully saturated rings. The maximum Gasteiger partial charge on any atom is 0.292 e. The van der Waals surface area contributed by atoms with E-state index in [1.807, 2.05) is 31.2 Å². The van der Waals surface area contributed by atoms with Crippen LogP contribution in [0.5, 0.6) is 0 Å². The number of nitrogens with one attached hydrogen (secondary N) is 2. The topological polar surface area (TPSA) is 70.1 Å². The molecule has 1 aliphatic carbocycles. The molecular weight excluding hydrogens is 312 g/mol. The Morgan fingerprint density at radius 2 is 1.92 bits per heavy atom. The molecule has 0 bridgehead atoms. The van der Waals surface area contributed by atoms with Crippen molar-refractivity contribution in [3.05, 3.63) is 65.0 Å². The predicted octanol–water partition coefficient (Wildman–Crippen LogP) is 3.60. The van der Waals surface area contributed by atoms with Crippen molar-refractivity contribution in [2.24, 2.45) is 5.10 Å². The Morgan fingerprint density at radius 3 is 2.84 bits per heavy atom. The third-order valence-corrected chi connectivity index (χ3v) is 4.78. The molecule has 5 nitrogen and oxygen atoms in total. The molecule has 0 saturated heterocycles. The first-order valence-corrected chi connectivity index (χ1v) is 8.63. The fourth-order valence-electron chi connectivity index (χ4n) is 3.46. The van der Waals surface area contributed by atoms with E-state index < -0.39 is 0 Å². The van der Waals surface area contributed by atoms with Crippen molar-refractivity contribution in [2.75, 3.05) is 0 Å². The number of carbonyl (C=O) groups is 1. The van der Waals surface area contributed by atoms with Gasteiger partial charge in [-0.3, -0.25) is 9.89 Å². The molecule has 0 saturated carbocycles. The molecule has 1 aliphatic rings. The summed E-state index contributed by atoms with van der Waals surface area (Å²) in [5, 5.41) is 13.8. The Morgan fingerprint density at radius 1 is 1.12 bits per heavy atom. The number of carbonyl (C=O) groups excluding carboxylic acids is 1. The van der Waals surface area contributed by atoms with Crippen LogP contribution in [0.25, 0.3) is 10.8 Å². The monoisotopic (exact) mass is 332 g/mol. The molecule has 1 aromatic heterocycles. The number of hydrogen-bond donors (Lipinski definition) is 2. The number of aryl methyl sites for hydroxylation is 1. The predicted molar refractivity (Wildman–Crippen MR) is 98.9 cm³/mol. The molecule has 1 heterocycles. The molecule has 0 radical (unpaired) electrons. The van der Waals surface area contributed by atoms with Gasteiger partial charge < -0.3 is 0 Å². The number of fused-ring (bicyclic) bond motifs is 2. The third-order valence-electron chi connectivity index (χ3n) is 4.78. The maximum absolute atomic E-state index is 12.5. The van der Waals surface area contributed by atoms with Gasteiger partial charge in [0, 0.05) is 16.8 Å². The van der Waals surface area contributed by atoms with Crippen LogP contribution < -0.4 is 5.43 Å². The zero-order valence-corrected chi connectivity index (χ0v) is 14.2. The van der Waals surface area contributed by atoms with E-state index in [2.05, 4.69) is 38.9 Å². The van der Waals surface area contributed by atoms with E-state index in [-0.39, 0.29) is 5.91 Å². The van der Waals surface area contributed by atoms with Gasteiger partial charge in [-0.2, -0.15) is 10.2 Å². The minimum Gasteiger partial charge on any atom is -0.281 e. The second-order valence-electron chi connectivity index (χ2n) is 6.40. The fourth-order valence-corrected chi connectivity index (χ4v) is 3.46. The van der Waals surface area contributed by atoms with Crippen LogP contribution in [0.4, 0.5) is 0 Å². The van der Waals surface area contributed by atoms with Crippen molar-refractivity contribution in [3.8, 4) is 0 Å². The van der Waals surface area contributed by atoms with Crippen LogP contribution in [-0.4, -0.2) is 21.8 Å². The minimum atomic E-state index is -0.251. The summed E-state index contributed by atoms with van der Waals surface area (Å²) in [6, 6.07) is 14.2. The van der Waals surface area contributed by atoms with Crippen molar-refractivity contribution in [1.82, 2.24) is 15.6 Å². The zero-order valence-electron chi connectivity index (χ0n) is 14.2. The third kappa shape index (κ3) is 2.93. The highest BCUT2D eigenvalue weighted by atomic mass is 16.2. The lowest BCUT2D eigenvalue weighted by molar-refractivity contribution is 0.0949. The molecule has 0 atom stereocenters. The number of benzene rings is 2. The number of amides is 1. The molecule has 5 heteroatoms. The summed E-state index contributed by atoms with van der Waals surface area (Å²) in [5.41, 5.74) is 7.06. The summed E-state index contributed by atoms with van der Waals surface area (Å²) < 4.78 is 0. The lowest BCUT2D eigenvalue weighted by atomic mass is 9.96. The average molecular weight is 332 g/mol. The summed E-state index contributed by atoms with van der Waals surface area (Å²) >= 11 is 0. The first-order chi connectivity index (χ1) is 12.2.